The van der Waals surface area contributed by atoms with Crippen molar-refractivity contribution in [1.82, 2.24) is 0 Å². The highest BCUT2D eigenvalue weighted by Crippen LogP contribution is 2.54. The minimum Gasteiger partial charge on any atom is -0.497 e. The van der Waals surface area contributed by atoms with E-state index in [4.69, 9.17) is 4.74 Å². The number of ether oxygens (including phenoxy) is 1. The molecule has 3 rings (SSSR count). The molecule has 3 atom stereocenters. The molecule has 0 saturated heterocycles. The molecular weight excluding hydrogens is 384 g/mol. The molecule has 0 amide bonds. The fraction of sp³-hybridized carbons (Fsp3) is 0.464. The van der Waals surface area contributed by atoms with Crippen LogP contribution in [0, 0.1) is 16.7 Å². The zero-order valence-electron chi connectivity index (χ0n) is 19.9. The lowest BCUT2D eigenvalue weighted by atomic mass is 9.55. The van der Waals surface area contributed by atoms with E-state index in [0.29, 0.717) is 6.42 Å². The van der Waals surface area contributed by atoms with Crippen molar-refractivity contribution in [2.75, 3.05) is 7.11 Å². The number of carbonyl (C=O) groups excluding carboxylic acids is 1. The van der Waals surface area contributed by atoms with Crippen molar-refractivity contribution >= 4 is 11.4 Å². The average Bonchev–Trinajstić information content (AvgIpc) is 2.72. The third kappa shape index (κ3) is 4.48. The summed E-state index contributed by atoms with van der Waals surface area (Å²) < 4.78 is 5.34. The molecule has 2 aromatic rings. The Morgan fingerprint density at radius 3 is 2.03 bits per heavy atom. The van der Waals surface area contributed by atoms with Crippen molar-refractivity contribution < 1.29 is 14.6 Å². The number of carbonyl (C=O) groups is 1. The fourth-order valence-corrected chi connectivity index (χ4v) is 4.62. The van der Waals surface area contributed by atoms with Crippen molar-refractivity contribution in [1.29, 1.82) is 0 Å². The van der Waals surface area contributed by atoms with Crippen LogP contribution in [0.3, 0.4) is 0 Å². The lowest BCUT2D eigenvalue weighted by Gasteiger charge is -2.51. The van der Waals surface area contributed by atoms with Crippen LogP contribution in [0.1, 0.15) is 65.0 Å². The lowest BCUT2D eigenvalue weighted by Crippen LogP contribution is -2.56. The topological polar surface area (TPSA) is 46.5 Å². The molecule has 0 radical (unpaired) electrons. The Bertz CT molecular complexity index is 942. The third-order valence-electron chi connectivity index (χ3n) is 6.62. The van der Waals surface area contributed by atoms with E-state index in [-0.39, 0.29) is 11.7 Å². The monoisotopic (exact) mass is 420 g/mol. The summed E-state index contributed by atoms with van der Waals surface area (Å²) in [6.45, 7) is 11.9. The average molecular weight is 421 g/mol. The zero-order valence-corrected chi connectivity index (χ0v) is 19.9. The summed E-state index contributed by atoms with van der Waals surface area (Å²) in [7, 11) is 1.65. The molecule has 166 valence electrons. The summed E-state index contributed by atoms with van der Waals surface area (Å²) in [5.41, 5.74) is 0.844. The van der Waals surface area contributed by atoms with Gasteiger partial charge in [-0.15, -0.1) is 0 Å². The first-order valence-corrected chi connectivity index (χ1v) is 11.1. The number of rotatable bonds is 4. The number of methoxy groups -OCH3 is 1. The van der Waals surface area contributed by atoms with E-state index in [2.05, 4.69) is 12.1 Å². The van der Waals surface area contributed by atoms with Gasteiger partial charge in [0.05, 0.1) is 18.6 Å². The third-order valence-corrected chi connectivity index (χ3v) is 6.62. The largest absolute Gasteiger partial charge is 0.497 e. The van der Waals surface area contributed by atoms with E-state index in [1.165, 1.54) is 0 Å². The molecule has 1 N–H and O–H groups in total. The van der Waals surface area contributed by atoms with Gasteiger partial charge in [-0.2, -0.15) is 0 Å². The Kier molecular flexibility index (Phi) is 6.21. The first kappa shape index (κ1) is 23.3. The molecule has 0 saturated carbocycles. The van der Waals surface area contributed by atoms with E-state index in [1.54, 1.807) is 7.11 Å². The highest BCUT2D eigenvalue weighted by atomic mass is 16.5. The number of benzene rings is 2. The molecule has 0 spiro atoms. The SMILES string of the molecule is COc1ccc([C@@H]2CC(c3ccccc3)=C[C@@](O)(C(C)(C)C)[C@@H]2C(=O)C(C)(C)C)cc1. The van der Waals surface area contributed by atoms with Gasteiger partial charge in [0, 0.05) is 11.3 Å². The highest BCUT2D eigenvalue weighted by Gasteiger charge is 2.55. The zero-order chi connectivity index (χ0) is 23.0. The van der Waals surface area contributed by atoms with Gasteiger partial charge >= 0.3 is 0 Å². The number of hydrogen-bond acceptors (Lipinski definition) is 3. The summed E-state index contributed by atoms with van der Waals surface area (Å²) in [5.74, 6) is 0.188. The van der Waals surface area contributed by atoms with Crippen LogP contribution in [0.5, 0.6) is 5.75 Å². The number of ketones is 1. The Morgan fingerprint density at radius 1 is 0.968 bits per heavy atom. The molecule has 0 aromatic heterocycles. The molecule has 31 heavy (non-hydrogen) atoms. The summed E-state index contributed by atoms with van der Waals surface area (Å²) in [5, 5.41) is 12.2. The van der Waals surface area contributed by atoms with Gasteiger partial charge in [-0.1, -0.05) is 84.0 Å². The van der Waals surface area contributed by atoms with Crippen molar-refractivity contribution in [3.8, 4) is 5.75 Å². The van der Waals surface area contributed by atoms with Crippen LogP contribution < -0.4 is 4.74 Å². The molecule has 0 aliphatic heterocycles. The predicted molar refractivity (Wildman–Crippen MR) is 127 cm³/mol. The molecule has 0 heterocycles. The smallest absolute Gasteiger partial charge is 0.145 e. The molecule has 0 bridgehead atoms. The molecule has 3 nitrogen and oxygen atoms in total. The van der Waals surface area contributed by atoms with E-state index < -0.39 is 22.3 Å². The number of allylic oxidation sites excluding steroid dienone is 1. The van der Waals surface area contributed by atoms with Gasteiger partial charge in [0.15, 0.2) is 0 Å². The van der Waals surface area contributed by atoms with Crippen LogP contribution in [-0.2, 0) is 4.79 Å². The number of hydrogen-bond donors (Lipinski definition) is 1. The second-order valence-corrected chi connectivity index (χ2v) is 10.8. The quantitative estimate of drug-likeness (QED) is 0.634. The molecule has 3 heteroatoms. The normalized spacial score (nSPS) is 24.5. The van der Waals surface area contributed by atoms with Gasteiger partial charge in [-0.25, -0.2) is 0 Å². The predicted octanol–water partition coefficient (Wildman–Crippen LogP) is 6.27. The minimum absolute atomic E-state index is 0.0918. The molecule has 1 aliphatic carbocycles. The van der Waals surface area contributed by atoms with E-state index >= 15 is 0 Å². The second-order valence-electron chi connectivity index (χ2n) is 10.8. The lowest BCUT2D eigenvalue weighted by molar-refractivity contribution is -0.147. The van der Waals surface area contributed by atoms with Gasteiger partial charge in [-0.3, -0.25) is 4.79 Å². The Morgan fingerprint density at radius 2 is 1.55 bits per heavy atom. The summed E-state index contributed by atoms with van der Waals surface area (Å²) in [4.78, 5) is 13.8. The van der Waals surface area contributed by atoms with Crippen LogP contribution in [0.25, 0.3) is 5.57 Å². The van der Waals surface area contributed by atoms with Gasteiger partial charge in [0.1, 0.15) is 11.5 Å². The van der Waals surface area contributed by atoms with E-state index in [1.807, 2.05) is 90.1 Å². The fourth-order valence-electron chi connectivity index (χ4n) is 4.62. The van der Waals surface area contributed by atoms with Crippen molar-refractivity contribution in [2.45, 2.75) is 59.5 Å². The molecular formula is C28H36O3. The summed E-state index contributed by atoms with van der Waals surface area (Å²) in [6, 6.07) is 18.1. The maximum Gasteiger partial charge on any atom is 0.145 e. The Labute approximate surface area is 187 Å². The first-order valence-electron chi connectivity index (χ1n) is 11.1. The van der Waals surface area contributed by atoms with Gasteiger partial charge in [-0.05, 0) is 46.7 Å². The first-order chi connectivity index (χ1) is 14.4. The van der Waals surface area contributed by atoms with Crippen molar-refractivity contribution in [2.24, 2.45) is 16.7 Å². The van der Waals surface area contributed by atoms with Crippen LogP contribution in [0.15, 0.2) is 60.7 Å². The number of Topliss-reactive ketones (excluding diaryl/α,β-unsaturated/α-hetero) is 1. The highest BCUT2D eigenvalue weighted by molar-refractivity contribution is 5.90. The van der Waals surface area contributed by atoms with Crippen LogP contribution >= 0.6 is 0 Å². The number of aliphatic hydroxyl groups is 1. The molecule has 0 unspecified atom stereocenters. The van der Waals surface area contributed by atoms with Gasteiger partial charge in [0.25, 0.3) is 0 Å². The standard InChI is InChI=1S/C28H36O3/c1-26(2,3)25(29)24-23(20-13-15-22(31-7)16-14-20)17-21(19-11-9-8-10-12-19)18-28(24,30)27(4,5)6/h8-16,18,23-24,30H,17H2,1-7H3/t23-,24-,28-/m0/s1. The van der Waals surface area contributed by atoms with Crippen molar-refractivity contribution in [3.05, 3.63) is 71.8 Å². The minimum atomic E-state index is -1.29. The van der Waals surface area contributed by atoms with Crippen molar-refractivity contribution in [3.63, 3.8) is 0 Å². The maximum absolute atomic E-state index is 13.8. The van der Waals surface area contributed by atoms with Crippen LogP contribution in [0.4, 0.5) is 0 Å². The summed E-state index contributed by atoms with van der Waals surface area (Å²) >= 11 is 0. The summed E-state index contributed by atoms with van der Waals surface area (Å²) in [6.07, 6.45) is 2.66. The Balaban J connectivity index is 2.24. The molecule has 1 aliphatic rings. The second kappa shape index (κ2) is 8.27. The van der Waals surface area contributed by atoms with Crippen LogP contribution in [-0.4, -0.2) is 23.6 Å². The Hall–Kier alpha value is -2.39. The van der Waals surface area contributed by atoms with Gasteiger partial charge < -0.3 is 9.84 Å². The van der Waals surface area contributed by atoms with Gasteiger partial charge in [0.2, 0.25) is 0 Å². The van der Waals surface area contributed by atoms with E-state index in [9.17, 15) is 9.90 Å². The molecule has 0 fully saturated rings. The van der Waals surface area contributed by atoms with Crippen LogP contribution in [0.2, 0.25) is 0 Å². The molecule has 2 aromatic carbocycles. The maximum atomic E-state index is 13.8. The van der Waals surface area contributed by atoms with E-state index in [0.717, 1.165) is 22.4 Å².